The zero-order valence-corrected chi connectivity index (χ0v) is 17.5. The van der Waals surface area contributed by atoms with Crippen LogP contribution in [0, 0.1) is 11.8 Å². The van der Waals surface area contributed by atoms with Crippen LogP contribution < -0.4 is 5.32 Å². The molecule has 0 aliphatic carbocycles. The predicted octanol–water partition coefficient (Wildman–Crippen LogP) is 2.19. The maximum absolute atomic E-state index is 11.3. The van der Waals surface area contributed by atoms with Crippen LogP contribution in [0.2, 0.25) is 0 Å². The van der Waals surface area contributed by atoms with Gasteiger partial charge >= 0.3 is 0 Å². The van der Waals surface area contributed by atoms with Crippen LogP contribution in [-0.4, -0.2) is 44.4 Å². The SMILES string of the molecule is CCCCC1OCCC(C2CC(C)(C)NC(C)(C)C2)C1(O)[SiH3]. The van der Waals surface area contributed by atoms with Crippen molar-refractivity contribution in [2.45, 2.75) is 95.5 Å². The van der Waals surface area contributed by atoms with Crippen LogP contribution in [0.4, 0.5) is 0 Å². The molecule has 4 heteroatoms. The van der Waals surface area contributed by atoms with Crippen molar-refractivity contribution in [2.75, 3.05) is 6.61 Å². The minimum Gasteiger partial charge on any atom is -0.391 e. The summed E-state index contributed by atoms with van der Waals surface area (Å²) < 4.78 is 5.99. The van der Waals surface area contributed by atoms with Crippen molar-refractivity contribution >= 4 is 10.2 Å². The lowest BCUT2D eigenvalue weighted by molar-refractivity contribution is -0.154. The monoisotopic (exact) mass is 327 g/mol. The van der Waals surface area contributed by atoms with E-state index in [1.165, 1.54) is 6.42 Å². The first-order valence-corrected chi connectivity index (χ1v) is 10.2. The Balaban J connectivity index is 2.15. The molecule has 130 valence electrons. The number of piperidine rings is 1. The lowest BCUT2D eigenvalue weighted by Crippen LogP contribution is -2.63. The molecule has 2 aliphatic heterocycles. The molecular weight excluding hydrogens is 290 g/mol. The second-order valence-electron chi connectivity index (χ2n) is 9.18. The van der Waals surface area contributed by atoms with Crippen molar-refractivity contribution in [1.82, 2.24) is 5.32 Å². The van der Waals surface area contributed by atoms with Crippen molar-refractivity contribution in [3.05, 3.63) is 0 Å². The quantitative estimate of drug-likeness (QED) is 0.778. The van der Waals surface area contributed by atoms with Gasteiger partial charge in [-0.25, -0.2) is 0 Å². The summed E-state index contributed by atoms with van der Waals surface area (Å²) in [6.45, 7) is 12.3. The van der Waals surface area contributed by atoms with Crippen molar-refractivity contribution in [1.29, 1.82) is 0 Å². The van der Waals surface area contributed by atoms with E-state index in [4.69, 9.17) is 4.74 Å². The second kappa shape index (κ2) is 6.54. The zero-order chi connectivity index (χ0) is 16.6. The molecule has 0 bridgehead atoms. The number of hydrogen-bond donors (Lipinski definition) is 2. The van der Waals surface area contributed by atoms with Crippen LogP contribution in [0.3, 0.4) is 0 Å². The normalized spacial score (nSPS) is 39.0. The molecule has 0 saturated carbocycles. The molecule has 0 aromatic heterocycles. The van der Waals surface area contributed by atoms with Crippen molar-refractivity contribution in [3.8, 4) is 0 Å². The molecule has 0 aromatic carbocycles. The summed E-state index contributed by atoms with van der Waals surface area (Å²) in [5, 5.41) is 14.5. The van der Waals surface area contributed by atoms with Gasteiger partial charge in [-0.1, -0.05) is 19.8 Å². The molecule has 3 nitrogen and oxygen atoms in total. The Morgan fingerprint density at radius 2 is 1.77 bits per heavy atom. The lowest BCUT2D eigenvalue weighted by Gasteiger charge is -2.54. The summed E-state index contributed by atoms with van der Waals surface area (Å²) in [5.41, 5.74) is 0.308. The van der Waals surface area contributed by atoms with Gasteiger partial charge in [0.15, 0.2) is 0 Å². The fourth-order valence-electron chi connectivity index (χ4n) is 5.20. The number of unbranched alkanes of at least 4 members (excludes halogenated alkanes) is 1. The molecule has 2 rings (SSSR count). The van der Waals surface area contributed by atoms with E-state index in [0.29, 0.717) is 11.8 Å². The van der Waals surface area contributed by atoms with Crippen LogP contribution in [0.1, 0.15) is 73.1 Å². The molecule has 0 radical (unpaired) electrons. The van der Waals surface area contributed by atoms with E-state index in [2.05, 4.69) is 39.9 Å². The minimum atomic E-state index is -0.554. The highest BCUT2D eigenvalue weighted by Gasteiger charge is 2.50. The van der Waals surface area contributed by atoms with Gasteiger partial charge in [-0.05, 0) is 65.2 Å². The lowest BCUT2D eigenvalue weighted by atomic mass is 9.67. The summed E-state index contributed by atoms with van der Waals surface area (Å²) in [6.07, 6.45) is 6.77. The summed E-state index contributed by atoms with van der Waals surface area (Å²) >= 11 is 0. The van der Waals surface area contributed by atoms with E-state index in [0.717, 1.165) is 49.0 Å². The maximum atomic E-state index is 11.3. The number of aliphatic hydroxyl groups is 1. The highest BCUT2D eigenvalue weighted by Crippen LogP contribution is 2.45. The second-order valence-corrected chi connectivity index (χ2v) is 10.8. The van der Waals surface area contributed by atoms with Gasteiger partial charge < -0.3 is 15.2 Å². The van der Waals surface area contributed by atoms with Crippen molar-refractivity contribution in [3.63, 3.8) is 0 Å². The Kier molecular flexibility index (Phi) is 5.48. The molecule has 0 aromatic rings. The van der Waals surface area contributed by atoms with Crippen molar-refractivity contribution < 1.29 is 9.84 Å². The average Bonchev–Trinajstić information content (AvgIpc) is 2.32. The molecule has 2 N–H and O–H groups in total. The van der Waals surface area contributed by atoms with E-state index < -0.39 is 5.22 Å². The van der Waals surface area contributed by atoms with E-state index in [1.54, 1.807) is 0 Å². The molecule has 2 aliphatic rings. The van der Waals surface area contributed by atoms with E-state index >= 15 is 0 Å². The number of hydrogen-bond acceptors (Lipinski definition) is 3. The third kappa shape index (κ3) is 4.14. The van der Waals surface area contributed by atoms with Gasteiger partial charge in [-0.3, -0.25) is 0 Å². The van der Waals surface area contributed by atoms with Crippen LogP contribution >= 0.6 is 0 Å². The van der Waals surface area contributed by atoms with Gasteiger partial charge in [-0.15, -0.1) is 0 Å². The standard InChI is InChI=1S/C18H37NO2Si/c1-6-7-8-15-18(20,22)14(9-10-21-15)13-11-16(2,3)19-17(4,5)12-13/h13-15,19-20H,6-12H2,1-5,22H3. The number of nitrogens with one attached hydrogen (secondary N) is 1. The molecule has 0 amide bonds. The molecule has 0 spiro atoms. The van der Waals surface area contributed by atoms with E-state index in [-0.39, 0.29) is 17.2 Å². The Bertz CT molecular complexity index is 365. The molecule has 2 heterocycles. The van der Waals surface area contributed by atoms with Gasteiger partial charge in [0.05, 0.1) is 11.3 Å². The highest BCUT2D eigenvalue weighted by atomic mass is 28.1. The molecule has 3 unspecified atom stereocenters. The first-order chi connectivity index (χ1) is 10.1. The van der Waals surface area contributed by atoms with Crippen LogP contribution in [0.25, 0.3) is 0 Å². The Hall–Kier alpha value is 0.0969. The third-order valence-electron chi connectivity index (χ3n) is 5.76. The van der Waals surface area contributed by atoms with Gasteiger partial charge in [0.25, 0.3) is 0 Å². The Labute approximate surface area is 140 Å². The molecule has 2 saturated heterocycles. The fraction of sp³-hybridized carbons (Fsp3) is 1.00. The Morgan fingerprint density at radius 1 is 1.18 bits per heavy atom. The van der Waals surface area contributed by atoms with Gasteiger partial charge in [0, 0.05) is 27.9 Å². The molecule has 2 fully saturated rings. The van der Waals surface area contributed by atoms with Gasteiger partial charge in [0.2, 0.25) is 0 Å². The van der Waals surface area contributed by atoms with Crippen LogP contribution in [0.15, 0.2) is 0 Å². The van der Waals surface area contributed by atoms with Crippen LogP contribution in [-0.2, 0) is 4.74 Å². The van der Waals surface area contributed by atoms with Gasteiger partial charge in [-0.2, -0.15) is 0 Å². The first-order valence-electron chi connectivity index (χ1n) is 9.21. The number of ether oxygens (including phenoxy) is 1. The molecular formula is C18H37NO2Si. The largest absolute Gasteiger partial charge is 0.391 e. The van der Waals surface area contributed by atoms with E-state index in [9.17, 15) is 5.11 Å². The van der Waals surface area contributed by atoms with E-state index in [1.807, 2.05) is 0 Å². The summed E-state index contributed by atoms with van der Waals surface area (Å²) in [5.74, 6) is 1.01. The summed E-state index contributed by atoms with van der Waals surface area (Å²) in [6, 6.07) is 0. The minimum absolute atomic E-state index is 0.0685. The third-order valence-corrected chi connectivity index (χ3v) is 7.15. The number of rotatable bonds is 4. The van der Waals surface area contributed by atoms with Crippen molar-refractivity contribution in [2.24, 2.45) is 11.8 Å². The molecule has 3 atom stereocenters. The first kappa shape index (κ1) is 18.4. The smallest absolute Gasteiger partial charge is 0.0824 e. The van der Waals surface area contributed by atoms with Crippen LogP contribution in [0.5, 0.6) is 0 Å². The summed E-state index contributed by atoms with van der Waals surface area (Å²) in [7, 11) is 0.805. The summed E-state index contributed by atoms with van der Waals surface area (Å²) in [4.78, 5) is 0. The fourth-order valence-corrected chi connectivity index (χ4v) is 6.42. The van der Waals surface area contributed by atoms with Gasteiger partial charge in [0.1, 0.15) is 0 Å². The average molecular weight is 328 g/mol. The Morgan fingerprint density at radius 3 is 2.32 bits per heavy atom. The predicted molar refractivity (Wildman–Crippen MR) is 96.3 cm³/mol. The maximum Gasteiger partial charge on any atom is 0.0824 e. The molecule has 22 heavy (non-hydrogen) atoms. The topological polar surface area (TPSA) is 41.5 Å². The zero-order valence-electron chi connectivity index (χ0n) is 15.5. The highest BCUT2D eigenvalue weighted by molar-refractivity contribution is 6.15.